The minimum Gasteiger partial charge on any atom is -0.282 e. The lowest BCUT2D eigenvalue weighted by atomic mass is 10.0. The molecule has 1 aliphatic rings. The molecule has 74 valence electrons. The van der Waals surface area contributed by atoms with Crippen LogP contribution in [0, 0.1) is 11.3 Å². The van der Waals surface area contributed by atoms with E-state index in [1.54, 1.807) is 0 Å². The van der Waals surface area contributed by atoms with Gasteiger partial charge >= 0.3 is 0 Å². The van der Waals surface area contributed by atoms with Crippen LogP contribution in [0.3, 0.4) is 0 Å². The summed E-state index contributed by atoms with van der Waals surface area (Å²) in [6, 6.07) is 2.20. The van der Waals surface area contributed by atoms with Crippen molar-refractivity contribution < 1.29 is 0 Å². The van der Waals surface area contributed by atoms with Crippen molar-refractivity contribution in [2.45, 2.75) is 44.9 Å². The Bertz CT molecular complexity index is 355. The number of aryl methyl sites for hydroxylation is 1. The molecular weight excluding hydrogens is 174 g/mol. The van der Waals surface area contributed by atoms with E-state index >= 15 is 0 Å². The van der Waals surface area contributed by atoms with Gasteiger partial charge < -0.3 is 0 Å². The summed E-state index contributed by atoms with van der Waals surface area (Å²) in [4.78, 5) is 0. The largest absolute Gasteiger partial charge is 0.282 e. The molecule has 1 aromatic heterocycles. The molecular formula is C11H15N3. The second-order valence-corrected chi connectivity index (χ2v) is 3.85. The highest BCUT2D eigenvalue weighted by molar-refractivity contribution is 5.31. The number of nitrogens with one attached hydrogen (secondary N) is 1. The third kappa shape index (κ3) is 1.65. The summed E-state index contributed by atoms with van der Waals surface area (Å²) >= 11 is 0. The van der Waals surface area contributed by atoms with Crippen LogP contribution < -0.4 is 0 Å². The van der Waals surface area contributed by atoms with Crippen LogP contribution in [0.25, 0.3) is 0 Å². The molecule has 3 nitrogen and oxygen atoms in total. The van der Waals surface area contributed by atoms with Gasteiger partial charge in [0.15, 0.2) is 0 Å². The van der Waals surface area contributed by atoms with Gasteiger partial charge in [0, 0.05) is 18.0 Å². The molecule has 14 heavy (non-hydrogen) atoms. The van der Waals surface area contributed by atoms with Crippen molar-refractivity contribution in [1.82, 2.24) is 10.2 Å². The molecule has 0 radical (unpaired) electrons. The highest BCUT2D eigenvalue weighted by Gasteiger charge is 2.29. The van der Waals surface area contributed by atoms with Crippen molar-refractivity contribution in [1.29, 1.82) is 5.26 Å². The molecule has 1 N–H and O–H groups in total. The van der Waals surface area contributed by atoms with Crippen molar-refractivity contribution in [3.8, 4) is 6.07 Å². The Balaban J connectivity index is 2.22. The van der Waals surface area contributed by atoms with Gasteiger partial charge in [-0.05, 0) is 31.2 Å². The Hall–Kier alpha value is -1.30. The molecule has 0 amide bonds. The zero-order valence-corrected chi connectivity index (χ0v) is 8.51. The quantitative estimate of drug-likeness (QED) is 0.790. The van der Waals surface area contributed by atoms with E-state index in [0.717, 1.165) is 12.8 Å². The lowest BCUT2D eigenvalue weighted by molar-refractivity contribution is 0.927. The first-order chi connectivity index (χ1) is 6.86. The third-order valence-electron chi connectivity index (χ3n) is 2.79. The van der Waals surface area contributed by atoms with Gasteiger partial charge in [0.1, 0.15) is 0 Å². The fourth-order valence-electron chi connectivity index (χ4n) is 1.86. The molecule has 1 aromatic rings. The van der Waals surface area contributed by atoms with Crippen LogP contribution in [0.15, 0.2) is 0 Å². The molecule has 1 aliphatic carbocycles. The number of rotatable bonds is 4. The summed E-state index contributed by atoms with van der Waals surface area (Å²) in [5.74, 6) is 0.681. The van der Waals surface area contributed by atoms with Crippen molar-refractivity contribution in [3.05, 3.63) is 17.0 Å². The minimum atomic E-state index is 0.603. The highest BCUT2D eigenvalue weighted by Crippen LogP contribution is 2.41. The molecule has 0 aromatic carbocycles. The van der Waals surface area contributed by atoms with Crippen LogP contribution in [0.4, 0.5) is 0 Å². The Morgan fingerprint density at radius 2 is 2.36 bits per heavy atom. The number of hydrogen-bond acceptors (Lipinski definition) is 2. The molecule has 2 rings (SSSR count). The van der Waals surface area contributed by atoms with Crippen molar-refractivity contribution in [2.24, 2.45) is 0 Å². The summed E-state index contributed by atoms with van der Waals surface area (Å²) in [5, 5.41) is 16.1. The van der Waals surface area contributed by atoms with Crippen molar-refractivity contribution >= 4 is 0 Å². The second kappa shape index (κ2) is 3.83. The predicted molar refractivity (Wildman–Crippen MR) is 53.9 cm³/mol. The third-order valence-corrected chi connectivity index (χ3v) is 2.79. The molecule has 1 saturated carbocycles. The Morgan fingerprint density at radius 3 is 2.93 bits per heavy atom. The maximum atomic E-state index is 8.59. The molecule has 0 bridgehead atoms. The second-order valence-electron chi connectivity index (χ2n) is 3.85. The summed E-state index contributed by atoms with van der Waals surface area (Å²) in [6.45, 7) is 2.13. The van der Waals surface area contributed by atoms with E-state index in [2.05, 4.69) is 23.2 Å². The standard InChI is InChI=1S/C11H15N3/c1-2-10-9(4-3-7-12)11(14-13-10)8-5-6-8/h8H,2-6H2,1H3,(H,13,14). The summed E-state index contributed by atoms with van der Waals surface area (Å²) < 4.78 is 0. The van der Waals surface area contributed by atoms with Gasteiger partial charge in [-0.25, -0.2) is 0 Å². The highest BCUT2D eigenvalue weighted by atomic mass is 15.1. The van der Waals surface area contributed by atoms with Crippen LogP contribution >= 0.6 is 0 Å². The SMILES string of the molecule is CCc1[nH]nc(C2CC2)c1CCC#N. The van der Waals surface area contributed by atoms with Crippen molar-refractivity contribution in [2.75, 3.05) is 0 Å². The van der Waals surface area contributed by atoms with Crippen LogP contribution in [-0.2, 0) is 12.8 Å². The Morgan fingerprint density at radius 1 is 1.57 bits per heavy atom. The lowest BCUT2D eigenvalue weighted by Gasteiger charge is -2.00. The fraction of sp³-hybridized carbons (Fsp3) is 0.636. The molecule has 0 atom stereocenters. The average Bonchev–Trinajstić information content (AvgIpc) is 2.96. The Kier molecular flexibility index (Phi) is 2.53. The van der Waals surface area contributed by atoms with E-state index in [4.69, 9.17) is 5.26 Å². The molecule has 1 heterocycles. The van der Waals surface area contributed by atoms with E-state index in [0.29, 0.717) is 12.3 Å². The zero-order valence-electron chi connectivity index (χ0n) is 8.51. The number of hydrogen-bond donors (Lipinski definition) is 1. The first-order valence-electron chi connectivity index (χ1n) is 5.29. The summed E-state index contributed by atoms with van der Waals surface area (Å²) in [5.41, 5.74) is 3.77. The van der Waals surface area contributed by atoms with E-state index in [9.17, 15) is 0 Å². The number of nitriles is 1. The minimum absolute atomic E-state index is 0.603. The van der Waals surface area contributed by atoms with E-state index in [1.807, 2.05) is 0 Å². The Labute approximate surface area is 84.1 Å². The first kappa shape index (κ1) is 9.26. The van der Waals surface area contributed by atoms with Gasteiger partial charge in [0.05, 0.1) is 11.8 Å². The summed E-state index contributed by atoms with van der Waals surface area (Å²) in [6.07, 6.45) is 5.00. The van der Waals surface area contributed by atoms with Gasteiger partial charge in [-0.3, -0.25) is 5.10 Å². The first-order valence-corrected chi connectivity index (χ1v) is 5.29. The molecule has 0 unspecified atom stereocenters. The molecule has 0 spiro atoms. The predicted octanol–water partition coefficient (Wildman–Crippen LogP) is 2.31. The zero-order chi connectivity index (χ0) is 9.97. The maximum Gasteiger partial charge on any atom is 0.0688 e. The van der Waals surface area contributed by atoms with Gasteiger partial charge in [-0.15, -0.1) is 0 Å². The normalized spacial score (nSPS) is 15.4. The number of aromatic amines is 1. The molecule has 0 saturated heterocycles. The topological polar surface area (TPSA) is 52.5 Å². The number of nitrogens with zero attached hydrogens (tertiary/aromatic N) is 2. The van der Waals surface area contributed by atoms with Gasteiger partial charge in [0.2, 0.25) is 0 Å². The van der Waals surface area contributed by atoms with E-state index in [1.165, 1.54) is 29.8 Å². The smallest absolute Gasteiger partial charge is 0.0688 e. The molecule has 3 heteroatoms. The molecule has 0 aliphatic heterocycles. The van der Waals surface area contributed by atoms with E-state index in [-0.39, 0.29) is 0 Å². The van der Waals surface area contributed by atoms with Crippen LogP contribution in [0.5, 0.6) is 0 Å². The van der Waals surface area contributed by atoms with Crippen LogP contribution in [0.2, 0.25) is 0 Å². The van der Waals surface area contributed by atoms with Crippen LogP contribution in [0.1, 0.15) is 49.1 Å². The van der Waals surface area contributed by atoms with Crippen molar-refractivity contribution in [3.63, 3.8) is 0 Å². The van der Waals surface area contributed by atoms with Crippen LogP contribution in [-0.4, -0.2) is 10.2 Å². The summed E-state index contributed by atoms with van der Waals surface area (Å²) in [7, 11) is 0. The van der Waals surface area contributed by atoms with E-state index < -0.39 is 0 Å². The van der Waals surface area contributed by atoms with Gasteiger partial charge in [-0.1, -0.05) is 6.92 Å². The fourth-order valence-corrected chi connectivity index (χ4v) is 1.86. The number of aromatic nitrogens is 2. The van der Waals surface area contributed by atoms with Gasteiger partial charge in [-0.2, -0.15) is 10.4 Å². The monoisotopic (exact) mass is 189 g/mol. The average molecular weight is 189 g/mol. The van der Waals surface area contributed by atoms with Gasteiger partial charge in [0.25, 0.3) is 0 Å². The molecule has 1 fully saturated rings. The number of H-pyrrole nitrogens is 1. The maximum absolute atomic E-state index is 8.59. The lowest BCUT2D eigenvalue weighted by Crippen LogP contribution is -1.93.